The number of hydrogen-bond donors (Lipinski definition) is 1. The predicted octanol–water partition coefficient (Wildman–Crippen LogP) is 5.62. The summed E-state index contributed by atoms with van der Waals surface area (Å²) in [6.45, 7) is 0. The van der Waals surface area contributed by atoms with Crippen molar-refractivity contribution in [2.75, 3.05) is 5.32 Å². The molecule has 1 aromatic heterocycles. The fourth-order valence-corrected chi connectivity index (χ4v) is 3.36. The molecule has 1 aromatic carbocycles. The Hall–Kier alpha value is -0.820. The summed E-state index contributed by atoms with van der Waals surface area (Å²) in [5, 5.41) is 4.88. The Kier molecular flexibility index (Phi) is 5.26. The van der Waals surface area contributed by atoms with Gasteiger partial charge in [-0.15, -0.1) is 11.3 Å². The van der Waals surface area contributed by atoms with Crippen LogP contribution >= 0.6 is 46.3 Å². The van der Waals surface area contributed by atoms with Crippen LogP contribution in [0.15, 0.2) is 34.5 Å². The molecule has 0 aliphatic heterocycles. The molecule has 0 aliphatic rings. The zero-order chi connectivity index (χ0) is 14.7. The van der Waals surface area contributed by atoms with Crippen LogP contribution in [0.2, 0.25) is 10.0 Å². The summed E-state index contributed by atoms with van der Waals surface area (Å²) in [6.07, 6.45) is 0. The van der Waals surface area contributed by atoms with E-state index in [1.54, 1.807) is 17.5 Å². The highest BCUT2D eigenvalue weighted by Gasteiger charge is 2.18. The first-order valence-corrected chi connectivity index (χ1v) is 7.77. The largest absolute Gasteiger partial charge is 0.320 e. The molecule has 106 valence electrons. The molecule has 0 unspecified atom stereocenters. The van der Waals surface area contributed by atoms with Crippen LogP contribution in [0.4, 0.5) is 14.5 Å². The number of hydrogen-bond acceptors (Lipinski definition) is 3. The van der Waals surface area contributed by atoms with Crippen molar-refractivity contribution in [2.45, 2.75) is 10.7 Å². The third-order valence-electron chi connectivity index (χ3n) is 2.23. The van der Waals surface area contributed by atoms with Crippen molar-refractivity contribution in [3.63, 3.8) is 0 Å². The van der Waals surface area contributed by atoms with Crippen molar-refractivity contribution < 1.29 is 13.6 Å². The number of benzene rings is 1. The van der Waals surface area contributed by atoms with E-state index in [1.165, 1.54) is 12.1 Å². The van der Waals surface area contributed by atoms with E-state index in [1.807, 2.05) is 0 Å². The fraction of sp³-hybridized carbons (Fsp3) is 0.0833. The van der Waals surface area contributed by atoms with Crippen LogP contribution in [0.5, 0.6) is 0 Å². The second-order valence-corrected chi connectivity index (χ2v) is 6.36. The van der Waals surface area contributed by atoms with Gasteiger partial charge in [0.15, 0.2) is 0 Å². The Morgan fingerprint density at radius 3 is 2.75 bits per heavy atom. The van der Waals surface area contributed by atoms with Crippen molar-refractivity contribution >= 4 is 57.9 Å². The zero-order valence-electron chi connectivity index (χ0n) is 9.70. The Bertz CT molecular complexity index is 634. The van der Waals surface area contributed by atoms with Gasteiger partial charge >= 0.3 is 0 Å². The van der Waals surface area contributed by atoms with Gasteiger partial charge in [0.25, 0.3) is 11.7 Å². The van der Waals surface area contributed by atoms with Gasteiger partial charge in [0.05, 0.1) is 10.7 Å². The minimum Gasteiger partial charge on any atom is -0.320 e. The maximum atomic E-state index is 12.4. The molecule has 0 spiro atoms. The smallest absolute Gasteiger partial charge is 0.288 e. The van der Waals surface area contributed by atoms with Gasteiger partial charge in [-0.1, -0.05) is 35.0 Å². The molecule has 1 N–H and O–H groups in total. The summed E-state index contributed by atoms with van der Waals surface area (Å²) >= 11 is 13.2. The Labute approximate surface area is 132 Å². The standard InChI is InChI=1S/C12H7Cl2F2NOS2/c13-6-1-2-7(14)8(5-6)17-11(18)10-9(3-4-19-10)20-12(15)16/h1-5,12H,(H,17,18). The van der Waals surface area contributed by atoms with E-state index < -0.39 is 11.7 Å². The highest BCUT2D eigenvalue weighted by atomic mass is 35.5. The van der Waals surface area contributed by atoms with E-state index in [2.05, 4.69) is 5.32 Å². The van der Waals surface area contributed by atoms with Crippen molar-refractivity contribution in [3.8, 4) is 0 Å². The first-order valence-electron chi connectivity index (χ1n) is 5.26. The van der Waals surface area contributed by atoms with Gasteiger partial charge in [-0.2, -0.15) is 8.78 Å². The number of alkyl halides is 2. The Balaban J connectivity index is 2.20. The lowest BCUT2D eigenvalue weighted by Crippen LogP contribution is -2.11. The van der Waals surface area contributed by atoms with Crippen LogP contribution in [0.3, 0.4) is 0 Å². The summed E-state index contributed by atoms with van der Waals surface area (Å²) in [5.74, 6) is -3.07. The molecule has 0 saturated carbocycles. The van der Waals surface area contributed by atoms with E-state index in [0.29, 0.717) is 27.5 Å². The molecule has 20 heavy (non-hydrogen) atoms. The topological polar surface area (TPSA) is 29.1 Å². The van der Waals surface area contributed by atoms with Crippen LogP contribution in [0.1, 0.15) is 9.67 Å². The van der Waals surface area contributed by atoms with Crippen molar-refractivity contribution in [3.05, 3.63) is 44.6 Å². The summed E-state index contributed by atoms with van der Waals surface area (Å²) in [6, 6.07) is 6.11. The van der Waals surface area contributed by atoms with E-state index in [0.717, 1.165) is 11.3 Å². The Morgan fingerprint density at radius 1 is 1.30 bits per heavy atom. The molecule has 0 aliphatic carbocycles. The minimum absolute atomic E-state index is 0.214. The molecule has 0 fully saturated rings. The lowest BCUT2D eigenvalue weighted by molar-refractivity contribution is 0.102. The Morgan fingerprint density at radius 2 is 2.05 bits per heavy atom. The van der Waals surface area contributed by atoms with Gasteiger partial charge in [0.2, 0.25) is 0 Å². The second kappa shape index (κ2) is 6.76. The van der Waals surface area contributed by atoms with E-state index in [4.69, 9.17) is 23.2 Å². The van der Waals surface area contributed by atoms with E-state index in [-0.39, 0.29) is 9.77 Å². The van der Waals surface area contributed by atoms with Gasteiger partial charge in [-0.3, -0.25) is 4.79 Å². The maximum Gasteiger partial charge on any atom is 0.288 e. The molecular formula is C12H7Cl2F2NOS2. The summed E-state index contributed by atoms with van der Waals surface area (Å²) in [4.78, 5) is 12.5. The van der Waals surface area contributed by atoms with Crippen LogP contribution in [-0.2, 0) is 0 Å². The molecule has 1 amide bonds. The predicted molar refractivity (Wildman–Crippen MR) is 80.6 cm³/mol. The maximum absolute atomic E-state index is 12.4. The van der Waals surface area contributed by atoms with Gasteiger partial charge in [0.1, 0.15) is 4.88 Å². The number of carbonyl (C=O) groups is 1. The zero-order valence-corrected chi connectivity index (χ0v) is 12.8. The fourth-order valence-electron chi connectivity index (χ4n) is 1.42. The van der Waals surface area contributed by atoms with Gasteiger partial charge in [-0.05, 0) is 29.6 Å². The second-order valence-electron chi connectivity index (χ2n) is 3.57. The summed E-state index contributed by atoms with van der Waals surface area (Å²) in [5.41, 5.74) is 0.338. The number of carbonyl (C=O) groups excluding carboxylic acids is 1. The van der Waals surface area contributed by atoms with Gasteiger partial charge in [-0.25, -0.2) is 0 Å². The third-order valence-corrected chi connectivity index (χ3v) is 4.61. The lowest BCUT2D eigenvalue weighted by atomic mass is 10.3. The molecule has 0 bridgehead atoms. The monoisotopic (exact) mass is 353 g/mol. The highest BCUT2D eigenvalue weighted by Crippen LogP contribution is 2.33. The first kappa shape index (κ1) is 15.6. The SMILES string of the molecule is O=C(Nc1cc(Cl)ccc1Cl)c1sccc1SC(F)F. The highest BCUT2D eigenvalue weighted by molar-refractivity contribution is 7.99. The molecular weight excluding hydrogens is 347 g/mol. The molecule has 2 nitrogen and oxygen atoms in total. The normalized spacial score (nSPS) is 10.8. The molecule has 8 heteroatoms. The molecule has 0 saturated heterocycles. The van der Waals surface area contributed by atoms with E-state index >= 15 is 0 Å². The van der Waals surface area contributed by atoms with Crippen molar-refractivity contribution in [1.29, 1.82) is 0 Å². The molecule has 2 aromatic rings. The number of thioether (sulfide) groups is 1. The van der Waals surface area contributed by atoms with Crippen molar-refractivity contribution in [1.82, 2.24) is 0 Å². The van der Waals surface area contributed by atoms with Crippen molar-refractivity contribution in [2.24, 2.45) is 0 Å². The van der Waals surface area contributed by atoms with E-state index in [9.17, 15) is 13.6 Å². The van der Waals surface area contributed by atoms with Gasteiger partial charge < -0.3 is 5.32 Å². The third kappa shape index (κ3) is 3.85. The number of rotatable bonds is 4. The van der Waals surface area contributed by atoms with Crippen LogP contribution in [0.25, 0.3) is 0 Å². The number of nitrogens with one attached hydrogen (secondary N) is 1. The summed E-state index contributed by atoms with van der Waals surface area (Å²) < 4.78 is 24.8. The minimum atomic E-state index is -2.58. The van der Waals surface area contributed by atoms with Crippen LogP contribution in [0, 0.1) is 0 Å². The van der Waals surface area contributed by atoms with Crippen LogP contribution in [-0.4, -0.2) is 11.7 Å². The average Bonchev–Trinajstić information content (AvgIpc) is 2.81. The number of anilines is 1. The number of thiophene rings is 1. The number of amides is 1. The molecule has 2 rings (SSSR count). The quantitative estimate of drug-likeness (QED) is 0.722. The molecule has 0 atom stereocenters. The summed E-state index contributed by atoms with van der Waals surface area (Å²) in [7, 11) is 0. The number of halogens is 4. The average molecular weight is 354 g/mol. The first-order chi connectivity index (χ1) is 9.47. The van der Waals surface area contributed by atoms with Gasteiger partial charge in [0, 0.05) is 9.92 Å². The molecule has 0 radical (unpaired) electrons. The molecule has 1 heterocycles. The van der Waals surface area contributed by atoms with Crippen LogP contribution < -0.4 is 5.32 Å². The lowest BCUT2D eigenvalue weighted by Gasteiger charge is -2.08.